The molecular weight excluding hydrogens is 292 g/mol. The van der Waals surface area contributed by atoms with Gasteiger partial charge in [-0.3, -0.25) is 9.59 Å². The van der Waals surface area contributed by atoms with E-state index in [-0.39, 0.29) is 23.8 Å². The fraction of sp³-hybridized carbons (Fsp3) is 0.556. The zero-order chi connectivity index (χ0) is 16.7. The van der Waals surface area contributed by atoms with Crippen molar-refractivity contribution in [2.75, 3.05) is 26.7 Å². The Labute approximate surface area is 137 Å². The molecule has 2 fully saturated rings. The fourth-order valence-corrected chi connectivity index (χ4v) is 3.72. The number of nitrogens with one attached hydrogen (secondary N) is 1. The quantitative estimate of drug-likeness (QED) is 0.923. The van der Waals surface area contributed by atoms with E-state index >= 15 is 0 Å². The first-order valence-electron chi connectivity index (χ1n) is 8.11. The lowest BCUT2D eigenvalue weighted by atomic mass is 9.86. The molecule has 0 radical (unpaired) electrons. The van der Waals surface area contributed by atoms with Crippen LogP contribution in [0.1, 0.15) is 32.3 Å². The van der Waals surface area contributed by atoms with Crippen molar-refractivity contribution in [3.63, 3.8) is 0 Å². The average molecular weight is 316 g/mol. The molecule has 0 aromatic heterocycles. The van der Waals surface area contributed by atoms with Gasteiger partial charge >= 0.3 is 0 Å². The summed E-state index contributed by atoms with van der Waals surface area (Å²) in [5, 5.41) is 2.83. The third kappa shape index (κ3) is 2.58. The van der Waals surface area contributed by atoms with Gasteiger partial charge in [-0.05, 0) is 36.0 Å². The highest BCUT2D eigenvalue weighted by Gasteiger charge is 2.68. The monoisotopic (exact) mass is 316 g/mol. The van der Waals surface area contributed by atoms with E-state index in [0.29, 0.717) is 13.1 Å². The number of benzene rings is 1. The Bertz CT molecular complexity index is 624. The first kappa shape index (κ1) is 15.8. The lowest BCUT2D eigenvalue weighted by molar-refractivity contribution is -0.138. The Hall–Kier alpha value is -2.04. The van der Waals surface area contributed by atoms with Crippen LogP contribution in [-0.4, -0.2) is 43.5 Å². The van der Waals surface area contributed by atoms with Crippen LogP contribution in [0.3, 0.4) is 0 Å². The molecule has 23 heavy (non-hydrogen) atoms. The molecular formula is C18H24N2O3. The summed E-state index contributed by atoms with van der Waals surface area (Å²) in [5.41, 5.74) is 0.392. The summed E-state index contributed by atoms with van der Waals surface area (Å²) in [6.07, 6.45) is 1.61. The maximum Gasteiger partial charge on any atom is 0.239 e. The lowest BCUT2D eigenvalue weighted by Gasteiger charge is -2.28. The third-order valence-corrected chi connectivity index (χ3v) is 5.23. The predicted octanol–water partition coefficient (Wildman–Crippen LogP) is 1.71. The van der Waals surface area contributed by atoms with Gasteiger partial charge in [0.1, 0.15) is 5.75 Å². The topological polar surface area (TPSA) is 58.6 Å². The normalized spacial score (nSPS) is 26.2. The highest BCUT2D eigenvalue weighted by atomic mass is 16.5. The van der Waals surface area contributed by atoms with Crippen molar-refractivity contribution < 1.29 is 14.3 Å². The van der Waals surface area contributed by atoms with Crippen molar-refractivity contribution in [1.82, 2.24) is 10.2 Å². The molecule has 1 N–H and O–H groups in total. The Kier molecular flexibility index (Phi) is 3.82. The SMILES string of the molecule is COc1ccc([C@@]2(C(=O)N3CCCNC(=O)C3)CC2(C)C)cc1. The third-order valence-electron chi connectivity index (χ3n) is 5.23. The minimum Gasteiger partial charge on any atom is -0.497 e. The molecule has 0 bridgehead atoms. The van der Waals surface area contributed by atoms with Gasteiger partial charge in [0.25, 0.3) is 0 Å². The summed E-state index contributed by atoms with van der Waals surface area (Å²) in [4.78, 5) is 26.8. The van der Waals surface area contributed by atoms with E-state index in [0.717, 1.165) is 24.2 Å². The van der Waals surface area contributed by atoms with Crippen LogP contribution >= 0.6 is 0 Å². The minimum atomic E-state index is -0.524. The van der Waals surface area contributed by atoms with Crippen LogP contribution < -0.4 is 10.1 Å². The Morgan fingerprint density at radius 1 is 1.26 bits per heavy atom. The van der Waals surface area contributed by atoms with Crippen molar-refractivity contribution in [3.8, 4) is 5.75 Å². The number of hydrogen-bond donors (Lipinski definition) is 1. The summed E-state index contributed by atoms with van der Waals surface area (Å²) in [6, 6.07) is 7.74. The van der Waals surface area contributed by atoms with Crippen molar-refractivity contribution in [2.24, 2.45) is 5.41 Å². The first-order valence-corrected chi connectivity index (χ1v) is 8.11. The van der Waals surface area contributed by atoms with Crippen molar-refractivity contribution in [2.45, 2.75) is 32.1 Å². The number of hydrogen-bond acceptors (Lipinski definition) is 3. The minimum absolute atomic E-state index is 0.0702. The number of ether oxygens (including phenoxy) is 1. The zero-order valence-electron chi connectivity index (χ0n) is 14.0. The van der Waals surface area contributed by atoms with Gasteiger partial charge in [-0.1, -0.05) is 26.0 Å². The van der Waals surface area contributed by atoms with Crippen molar-refractivity contribution >= 4 is 11.8 Å². The molecule has 1 aromatic carbocycles. The van der Waals surface area contributed by atoms with E-state index in [4.69, 9.17) is 4.74 Å². The van der Waals surface area contributed by atoms with Crippen molar-refractivity contribution in [3.05, 3.63) is 29.8 Å². The van der Waals surface area contributed by atoms with Gasteiger partial charge in [-0.25, -0.2) is 0 Å². The van der Waals surface area contributed by atoms with Gasteiger partial charge in [-0.2, -0.15) is 0 Å². The molecule has 1 saturated heterocycles. The maximum absolute atomic E-state index is 13.3. The average Bonchev–Trinajstić information content (AvgIpc) is 3.19. The number of rotatable bonds is 3. The van der Waals surface area contributed by atoms with Gasteiger partial charge in [-0.15, -0.1) is 0 Å². The van der Waals surface area contributed by atoms with Crippen LogP contribution in [0.2, 0.25) is 0 Å². The molecule has 124 valence electrons. The molecule has 1 aromatic rings. The number of amides is 2. The molecule has 0 spiro atoms. The molecule has 0 unspecified atom stereocenters. The predicted molar refractivity (Wildman–Crippen MR) is 87.3 cm³/mol. The molecule has 1 heterocycles. The number of methoxy groups -OCH3 is 1. The van der Waals surface area contributed by atoms with Gasteiger partial charge in [0.2, 0.25) is 11.8 Å². The fourth-order valence-electron chi connectivity index (χ4n) is 3.72. The highest BCUT2D eigenvalue weighted by molar-refractivity contribution is 5.95. The Balaban J connectivity index is 1.91. The van der Waals surface area contributed by atoms with Crippen LogP contribution in [0.4, 0.5) is 0 Å². The van der Waals surface area contributed by atoms with Gasteiger partial charge in [0.05, 0.1) is 19.1 Å². The van der Waals surface area contributed by atoms with E-state index in [9.17, 15) is 9.59 Å². The van der Waals surface area contributed by atoms with Gasteiger partial charge < -0.3 is 15.0 Å². The molecule has 5 heteroatoms. The zero-order valence-corrected chi connectivity index (χ0v) is 14.0. The largest absolute Gasteiger partial charge is 0.497 e. The molecule has 1 saturated carbocycles. The van der Waals surface area contributed by atoms with Gasteiger partial charge in [0.15, 0.2) is 0 Å². The van der Waals surface area contributed by atoms with Crippen molar-refractivity contribution in [1.29, 1.82) is 0 Å². The molecule has 1 aliphatic carbocycles. The van der Waals surface area contributed by atoms with Crippen LogP contribution in [0.25, 0.3) is 0 Å². The summed E-state index contributed by atoms with van der Waals surface area (Å²) < 4.78 is 5.21. The van der Waals surface area contributed by atoms with Crippen LogP contribution in [0.15, 0.2) is 24.3 Å². The number of nitrogens with zero attached hydrogens (tertiary/aromatic N) is 1. The molecule has 2 aliphatic rings. The first-order chi connectivity index (χ1) is 10.9. The van der Waals surface area contributed by atoms with Crippen LogP contribution in [0, 0.1) is 5.41 Å². The van der Waals surface area contributed by atoms with E-state index in [1.807, 2.05) is 24.3 Å². The molecule has 1 atom stereocenters. The second-order valence-corrected chi connectivity index (χ2v) is 7.12. The summed E-state index contributed by atoms with van der Waals surface area (Å²) >= 11 is 0. The number of carbonyl (C=O) groups is 2. The molecule has 1 aliphatic heterocycles. The number of carbonyl (C=O) groups excluding carboxylic acids is 2. The van der Waals surface area contributed by atoms with E-state index in [2.05, 4.69) is 19.2 Å². The van der Waals surface area contributed by atoms with E-state index < -0.39 is 5.41 Å². The van der Waals surface area contributed by atoms with Crippen LogP contribution in [-0.2, 0) is 15.0 Å². The Morgan fingerprint density at radius 3 is 2.48 bits per heavy atom. The summed E-state index contributed by atoms with van der Waals surface area (Å²) in [6.45, 7) is 5.67. The van der Waals surface area contributed by atoms with E-state index in [1.165, 1.54) is 0 Å². The molecule has 3 rings (SSSR count). The second-order valence-electron chi connectivity index (χ2n) is 7.12. The molecule has 5 nitrogen and oxygen atoms in total. The van der Waals surface area contributed by atoms with Gasteiger partial charge in [0, 0.05) is 13.1 Å². The lowest BCUT2D eigenvalue weighted by Crippen LogP contribution is -2.44. The van der Waals surface area contributed by atoms with E-state index in [1.54, 1.807) is 12.0 Å². The second kappa shape index (κ2) is 5.55. The smallest absolute Gasteiger partial charge is 0.239 e. The Morgan fingerprint density at radius 2 is 1.91 bits per heavy atom. The van der Waals surface area contributed by atoms with Crippen LogP contribution in [0.5, 0.6) is 5.75 Å². The molecule has 2 amide bonds. The maximum atomic E-state index is 13.3. The highest BCUT2D eigenvalue weighted by Crippen LogP contribution is 2.65. The summed E-state index contributed by atoms with van der Waals surface area (Å²) in [7, 11) is 1.63. The standard InChI is InChI=1S/C18H24N2O3/c1-17(2)12-18(17,13-5-7-14(23-3)8-6-13)16(22)20-10-4-9-19-15(21)11-20/h5-8H,4,9-12H2,1-3H3,(H,19,21)/t18-/m1/s1. The summed E-state index contributed by atoms with van der Waals surface area (Å²) in [5.74, 6) is 0.785.